The van der Waals surface area contributed by atoms with Crippen LogP contribution in [0.15, 0.2) is 66.2 Å². The lowest BCUT2D eigenvalue weighted by Crippen LogP contribution is -2.30. The average Bonchev–Trinajstić information content (AvgIpc) is 3.14. The highest BCUT2D eigenvalue weighted by Gasteiger charge is 2.20. The van der Waals surface area contributed by atoms with E-state index in [1.54, 1.807) is 35.4 Å². The highest BCUT2D eigenvalue weighted by atomic mass is 32.1. The molecule has 0 aliphatic carbocycles. The van der Waals surface area contributed by atoms with Crippen LogP contribution in [0.5, 0.6) is 0 Å². The van der Waals surface area contributed by atoms with Crippen LogP contribution in [-0.2, 0) is 6.54 Å². The summed E-state index contributed by atoms with van der Waals surface area (Å²) in [5.41, 5.74) is 2.10. The highest BCUT2D eigenvalue weighted by molar-refractivity contribution is 7.13. The van der Waals surface area contributed by atoms with Crippen molar-refractivity contribution in [2.24, 2.45) is 0 Å². The van der Waals surface area contributed by atoms with Crippen LogP contribution in [0.3, 0.4) is 0 Å². The van der Waals surface area contributed by atoms with Gasteiger partial charge in [-0.1, -0.05) is 30.3 Å². The fraction of sp³-hybridized carbons (Fsp3) is 0.0556. The number of nitrogens with zero attached hydrogens (tertiary/aromatic N) is 3. The predicted octanol–water partition coefficient (Wildman–Crippen LogP) is 3.86. The van der Waals surface area contributed by atoms with Crippen molar-refractivity contribution < 1.29 is 4.79 Å². The average molecular weight is 319 g/mol. The number of carbonyl (C=O) groups is 1. The molecule has 0 bridgehead atoms. The summed E-state index contributed by atoms with van der Waals surface area (Å²) in [6, 6.07) is 18.5. The molecule has 3 aromatic rings. The highest BCUT2D eigenvalue weighted by Crippen LogP contribution is 2.22. The van der Waals surface area contributed by atoms with Gasteiger partial charge in [-0.3, -0.25) is 9.69 Å². The maximum absolute atomic E-state index is 12.9. The lowest BCUT2D eigenvalue weighted by molar-refractivity contribution is 0.0985. The van der Waals surface area contributed by atoms with Crippen molar-refractivity contribution in [3.63, 3.8) is 0 Å². The van der Waals surface area contributed by atoms with E-state index in [0.29, 0.717) is 22.8 Å². The van der Waals surface area contributed by atoms with Crippen molar-refractivity contribution in [2.75, 3.05) is 4.90 Å². The molecule has 0 atom stereocenters. The fourth-order valence-electron chi connectivity index (χ4n) is 2.18. The van der Waals surface area contributed by atoms with E-state index < -0.39 is 0 Å². The lowest BCUT2D eigenvalue weighted by Gasteiger charge is -2.20. The van der Waals surface area contributed by atoms with Gasteiger partial charge in [-0.15, -0.1) is 11.3 Å². The maximum atomic E-state index is 12.9. The van der Waals surface area contributed by atoms with Gasteiger partial charge in [0.1, 0.15) is 0 Å². The second kappa shape index (κ2) is 6.86. The second-order valence-corrected chi connectivity index (χ2v) is 5.75. The number of amides is 1. The minimum atomic E-state index is -0.131. The van der Waals surface area contributed by atoms with Crippen LogP contribution >= 0.6 is 11.3 Å². The number of hydrogen-bond acceptors (Lipinski definition) is 4. The smallest absolute Gasteiger partial charge is 0.260 e. The van der Waals surface area contributed by atoms with E-state index in [1.165, 1.54) is 11.3 Å². The SMILES string of the molecule is N#Cc1ccc(C(=O)N(Cc2ccccc2)c2nccs2)cc1. The Morgan fingerprint density at radius 1 is 1.13 bits per heavy atom. The van der Waals surface area contributed by atoms with Crippen LogP contribution in [0, 0.1) is 11.3 Å². The Kier molecular flexibility index (Phi) is 4.46. The molecule has 0 radical (unpaired) electrons. The Morgan fingerprint density at radius 2 is 1.87 bits per heavy atom. The molecule has 112 valence electrons. The third-order valence-electron chi connectivity index (χ3n) is 3.34. The Labute approximate surface area is 138 Å². The Bertz CT molecular complexity index is 821. The Hall–Kier alpha value is -2.97. The number of anilines is 1. The van der Waals surface area contributed by atoms with Gasteiger partial charge in [0, 0.05) is 17.1 Å². The fourth-order valence-corrected chi connectivity index (χ4v) is 2.82. The van der Waals surface area contributed by atoms with Crippen molar-refractivity contribution in [2.45, 2.75) is 6.54 Å². The van der Waals surface area contributed by atoms with E-state index >= 15 is 0 Å². The van der Waals surface area contributed by atoms with Crippen LogP contribution in [0.2, 0.25) is 0 Å². The normalized spacial score (nSPS) is 10.0. The number of nitriles is 1. The number of hydrogen-bond donors (Lipinski definition) is 0. The molecule has 0 saturated carbocycles. The van der Waals surface area contributed by atoms with Crippen LogP contribution in [-0.4, -0.2) is 10.9 Å². The Morgan fingerprint density at radius 3 is 2.48 bits per heavy atom. The lowest BCUT2D eigenvalue weighted by atomic mass is 10.1. The molecule has 3 rings (SSSR count). The van der Waals surface area contributed by atoms with Crippen LogP contribution < -0.4 is 4.90 Å². The van der Waals surface area contributed by atoms with Crippen LogP contribution in [0.1, 0.15) is 21.5 Å². The standard InChI is InChI=1S/C18H13N3OS/c19-12-14-6-8-16(9-7-14)17(22)21(18-20-10-11-23-18)13-15-4-2-1-3-5-15/h1-11H,13H2. The van der Waals surface area contributed by atoms with Gasteiger partial charge in [0.25, 0.3) is 5.91 Å². The van der Waals surface area contributed by atoms with E-state index in [4.69, 9.17) is 5.26 Å². The zero-order valence-electron chi connectivity index (χ0n) is 12.2. The van der Waals surface area contributed by atoms with E-state index in [2.05, 4.69) is 11.1 Å². The van der Waals surface area contributed by atoms with E-state index in [0.717, 1.165) is 5.56 Å². The number of rotatable bonds is 4. The summed E-state index contributed by atoms with van der Waals surface area (Å²) in [5.74, 6) is -0.131. The van der Waals surface area contributed by atoms with Crippen molar-refractivity contribution in [3.8, 4) is 6.07 Å². The molecule has 0 unspecified atom stereocenters. The third-order valence-corrected chi connectivity index (χ3v) is 4.13. The molecule has 2 aromatic carbocycles. The molecule has 0 spiro atoms. The topological polar surface area (TPSA) is 57.0 Å². The molecule has 0 aliphatic rings. The third kappa shape index (κ3) is 3.44. The van der Waals surface area contributed by atoms with Gasteiger partial charge in [0.2, 0.25) is 0 Å². The van der Waals surface area contributed by atoms with Gasteiger partial charge in [0.05, 0.1) is 18.2 Å². The molecule has 4 nitrogen and oxygen atoms in total. The molecule has 0 aliphatic heterocycles. The summed E-state index contributed by atoms with van der Waals surface area (Å²) in [5, 5.41) is 11.4. The minimum absolute atomic E-state index is 0.131. The second-order valence-electron chi connectivity index (χ2n) is 4.88. The zero-order chi connectivity index (χ0) is 16.1. The van der Waals surface area contributed by atoms with Crippen LogP contribution in [0.25, 0.3) is 0 Å². The summed E-state index contributed by atoms with van der Waals surface area (Å²) < 4.78 is 0. The van der Waals surface area contributed by atoms with Crippen molar-refractivity contribution >= 4 is 22.4 Å². The quantitative estimate of drug-likeness (QED) is 0.733. The number of thiazole rings is 1. The number of carbonyl (C=O) groups excluding carboxylic acids is 1. The molecule has 1 amide bonds. The number of benzene rings is 2. The van der Waals surface area contributed by atoms with Gasteiger partial charge in [-0.25, -0.2) is 4.98 Å². The predicted molar refractivity (Wildman–Crippen MR) is 90.2 cm³/mol. The van der Waals surface area contributed by atoms with Gasteiger partial charge < -0.3 is 0 Å². The summed E-state index contributed by atoms with van der Waals surface area (Å²) in [6.45, 7) is 0.452. The monoisotopic (exact) mass is 319 g/mol. The van der Waals surface area contributed by atoms with Gasteiger partial charge in [-0.2, -0.15) is 5.26 Å². The molecular formula is C18H13N3OS. The van der Waals surface area contributed by atoms with Gasteiger partial charge >= 0.3 is 0 Å². The first-order valence-corrected chi connectivity index (χ1v) is 7.91. The van der Waals surface area contributed by atoms with Crippen LogP contribution in [0.4, 0.5) is 5.13 Å². The first kappa shape index (κ1) is 14.9. The van der Waals surface area contributed by atoms with E-state index in [-0.39, 0.29) is 5.91 Å². The maximum Gasteiger partial charge on any atom is 0.260 e. The molecule has 1 aromatic heterocycles. The summed E-state index contributed by atoms with van der Waals surface area (Å²) in [4.78, 5) is 18.8. The zero-order valence-corrected chi connectivity index (χ0v) is 13.0. The first-order chi connectivity index (χ1) is 11.3. The minimum Gasteiger partial charge on any atom is -0.280 e. The van der Waals surface area contributed by atoms with Gasteiger partial charge in [0.15, 0.2) is 5.13 Å². The summed E-state index contributed by atoms with van der Waals surface area (Å²) in [6.07, 6.45) is 1.68. The van der Waals surface area contributed by atoms with Crippen molar-refractivity contribution in [3.05, 3.63) is 82.9 Å². The summed E-state index contributed by atoms with van der Waals surface area (Å²) >= 11 is 1.42. The molecule has 0 saturated heterocycles. The van der Waals surface area contributed by atoms with Crippen molar-refractivity contribution in [1.29, 1.82) is 5.26 Å². The first-order valence-electron chi connectivity index (χ1n) is 7.03. The van der Waals surface area contributed by atoms with Gasteiger partial charge in [-0.05, 0) is 29.8 Å². The molecule has 1 heterocycles. The largest absolute Gasteiger partial charge is 0.280 e. The van der Waals surface area contributed by atoms with Crippen molar-refractivity contribution in [1.82, 2.24) is 4.98 Å². The number of aromatic nitrogens is 1. The van der Waals surface area contributed by atoms with E-state index in [9.17, 15) is 4.79 Å². The molecular weight excluding hydrogens is 306 g/mol. The summed E-state index contributed by atoms with van der Waals surface area (Å²) in [7, 11) is 0. The Balaban J connectivity index is 1.91. The molecule has 5 heteroatoms. The molecule has 0 fully saturated rings. The van der Waals surface area contributed by atoms with E-state index in [1.807, 2.05) is 35.7 Å². The molecule has 0 N–H and O–H groups in total. The molecule has 23 heavy (non-hydrogen) atoms.